The van der Waals surface area contributed by atoms with E-state index >= 15 is 0 Å². The Labute approximate surface area is 124 Å². The molecule has 5 heteroatoms. The molecule has 1 aromatic carbocycles. The van der Waals surface area contributed by atoms with Crippen LogP contribution in [0.4, 0.5) is 0 Å². The summed E-state index contributed by atoms with van der Waals surface area (Å²) >= 11 is 5.87. The summed E-state index contributed by atoms with van der Waals surface area (Å²) in [6.45, 7) is 0.871. The third-order valence-electron chi connectivity index (χ3n) is 3.10. The molecule has 1 unspecified atom stereocenters. The van der Waals surface area contributed by atoms with Gasteiger partial charge in [-0.15, -0.1) is 12.4 Å². The van der Waals surface area contributed by atoms with Crippen LogP contribution in [0.2, 0.25) is 5.02 Å². The van der Waals surface area contributed by atoms with Crippen molar-refractivity contribution < 1.29 is 9.53 Å². The second-order valence-electron chi connectivity index (χ2n) is 4.34. The second-order valence-corrected chi connectivity index (χ2v) is 4.77. The maximum Gasteiger partial charge on any atom is 0.330 e. The molecule has 0 bridgehead atoms. The van der Waals surface area contributed by atoms with Gasteiger partial charge in [-0.3, -0.25) is 0 Å². The Morgan fingerprint density at radius 2 is 2.11 bits per heavy atom. The first-order valence-electron chi connectivity index (χ1n) is 5.95. The number of hydrogen-bond acceptors (Lipinski definition) is 3. The summed E-state index contributed by atoms with van der Waals surface area (Å²) in [4.78, 5) is 11.2. The standard InChI is InChI=1S/C14H16ClNO2.ClH/c1-18-14(17)9-10-6-7-16-13(8-10)11-2-4-12(15)5-3-11;/h2-5,9,13,16H,6-8H2,1H3;1H. The minimum atomic E-state index is -0.276. The monoisotopic (exact) mass is 301 g/mol. The molecule has 0 radical (unpaired) electrons. The van der Waals surface area contributed by atoms with Gasteiger partial charge in [0.2, 0.25) is 0 Å². The fourth-order valence-electron chi connectivity index (χ4n) is 2.13. The molecule has 1 heterocycles. The molecule has 1 fully saturated rings. The smallest absolute Gasteiger partial charge is 0.330 e. The predicted octanol–water partition coefficient (Wildman–Crippen LogP) is 3.29. The molecular weight excluding hydrogens is 285 g/mol. The number of rotatable bonds is 2. The van der Waals surface area contributed by atoms with Crippen LogP contribution >= 0.6 is 24.0 Å². The predicted molar refractivity (Wildman–Crippen MR) is 78.8 cm³/mol. The van der Waals surface area contributed by atoms with E-state index in [4.69, 9.17) is 11.6 Å². The summed E-state index contributed by atoms with van der Waals surface area (Å²) < 4.78 is 4.66. The van der Waals surface area contributed by atoms with Crippen LogP contribution in [0.3, 0.4) is 0 Å². The first-order valence-corrected chi connectivity index (χ1v) is 6.33. The minimum Gasteiger partial charge on any atom is -0.466 e. The van der Waals surface area contributed by atoms with Gasteiger partial charge in [-0.05, 0) is 37.1 Å². The number of methoxy groups -OCH3 is 1. The number of benzene rings is 1. The first-order chi connectivity index (χ1) is 8.69. The van der Waals surface area contributed by atoms with Crippen LogP contribution in [-0.2, 0) is 9.53 Å². The van der Waals surface area contributed by atoms with E-state index in [0.717, 1.165) is 30.0 Å². The Morgan fingerprint density at radius 3 is 2.74 bits per heavy atom. The van der Waals surface area contributed by atoms with Crippen LogP contribution in [0.15, 0.2) is 35.9 Å². The van der Waals surface area contributed by atoms with E-state index in [1.54, 1.807) is 6.08 Å². The number of halogens is 2. The van der Waals surface area contributed by atoms with Crippen molar-refractivity contribution in [2.45, 2.75) is 18.9 Å². The molecule has 2 rings (SSSR count). The summed E-state index contributed by atoms with van der Waals surface area (Å²) in [6.07, 6.45) is 3.32. The quantitative estimate of drug-likeness (QED) is 0.673. The number of carbonyl (C=O) groups excluding carboxylic acids is 1. The highest BCUT2D eigenvalue weighted by Crippen LogP contribution is 2.27. The number of piperidine rings is 1. The fraction of sp³-hybridized carbons (Fsp3) is 0.357. The van der Waals surface area contributed by atoms with Crippen molar-refractivity contribution in [2.24, 2.45) is 0 Å². The Hall–Kier alpha value is -1.03. The summed E-state index contributed by atoms with van der Waals surface area (Å²) in [5, 5.41) is 4.18. The van der Waals surface area contributed by atoms with Crippen molar-refractivity contribution in [1.29, 1.82) is 0 Å². The Morgan fingerprint density at radius 1 is 1.42 bits per heavy atom. The minimum absolute atomic E-state index is 0. The molecule has 1 aliphatic rings. The summed E-state index contributed by atoms with van der Waals surface area (Å²) in [5.41, 5.74) is 2.32. The zero-order chi connectivity index (χ0) is 13.0. The highest BCUT2D eigenvalue weighted by atomic mass is 35.5. The lowest BCUT2D eigenvalue weighted by Crippen LogP contribution is -2.28. The molecule has 0 amide bonds. The van der Waals surface area contributed by atoms with E-state index in [-0.39, 0.29) is 24.4 Å². The van der Waals surface area contributed by atoms with Gasteiger partial charge in [0, 0.05) is 17.1 Å². The van der Waals surface area contributed by atoms with Crippen LogP contribution in [0.25, 0.3) is 0 Å². The number of carbonyl (C=O) groups is 1. The van der Waals surface area contributed by atoms with Crippen molar-refractivity contribution in [3.63, 3.8) is 0 Å². The van der Waals surface area contributed by atoms with E-state index < -0.39 is 0 Å². The van der Waals surface area contributed by atoms with Crippen LogP contribution in [0, 0.1) is 0 Å². The summed E-state index contributed by atoms with van der Waals surface area (Å²) in [7, 11) is 1.40. The van der Waals surface area contributed by atoms with Crippen molar-refractivity contribution in [2.75, 3.05) is 13.7 Å². The molecule has 0 aliphatic carbocycles. The van der Waals surface area contributed by atoms with Gasteiger partial charge in [-0.25, -0.2) is 4.79 Å². The molecule has 1 aliphatic heterocycles. The average Bonchev–Trinajstić information content (AvgIpc) is 2.40. The Kier molecular flexibility index (Phi) is 6.35. The van der Waals surface area contributed by atoms with E-state index in [1.165, 1.54) is 12.7 Å². The van der Waals surface area contributed by atoms with E-state index in [2.05, 4.69) is 10.1 Å². The summed E-state index contributed by atoms with van der Waals surface area (Å²) in [6, 6.07) is 8.04. The SMILES string of the molecule is COC(=O)C=C1CCNC(c2ccc(Cl)cc2)C1.Cl. The molecule has 104 valence electrons. The lowest BCUT2D eigenvalue weighted by Gasteiger charge is -2.26. The highest BCUT2D eigenvalue weighted by Gasteiger charge is 2.18. The molecule has 0 saturated carbocycles. The van der Waals surface area contributed by atoms with Crippen LogP contribution < -0.4 is 5.32 Å². The number of ether oxygens (including phenoxy) is 1. The molecule has 3 nitrogen and oxygen atoms in total. The van der Waals surface area contributed by atoms with Crippen molar-refractivity contribution in [3.05, 3.63) is 46.5 Å². The van der Waals surface area contributed by atoms with E-state index in [9.17, 15) is 4.79 Å². The molecular formula is C14H17Cl2NO2. The van der Waals surface area contributed by atoms with Gasteiger partial charge in [-0.1, -0.05) is 29.3 Å². The lowest BCUT2D eigenvalue weighted by molar-refractivity contribution is -0.134. The van der Waals surface area contributed by atoms with Gasteiger partial charge in [-0.2, -0.15) is 0 Å². The van der Waals surface area contributed by atoms with Crippen LogP contribution in [0.5, 0.6) is 0 Å². The molecule has 0 aromatic heterocycles. The van der Waals surface area contributed by atoms with Gasteiger partial charge in [0.15, 0.2) is 0 Å². The molecule has 1 N–H and O–H groups in total. The topological polar surface area (TPSA) is 38.3 Å². The summed E-state index contributed by atoms with van der Waals surface area (Å²) in [5.74, 6) is -0.276. The normalized spacial score (nSPS) is 20.7. The Balaban J connectivity index is 0.00000180. The largest absolute Gasteiger partial charge is 0.466 e. The van der Waals surface area contributed by atoms with Gasteiger partial charge in [0.25, 0.3) is 0 Å². The number of esters is 1. The molecule has 1 saturated heterocycles. The van der Waals surface area contributed by atoms with Gasteiger partial charge in [0.05, 0.1) is 7.11 Å². The fourth-order valence-corrected chi connectivity index (χ4v) is 2.26. The second kappa shape index (κ2) is 7.53. The zero-order valence-electron chi connectivity index (χ0n) is 10.7. The van der Waals surface area contributed by atoms with E-state index in [1.807, 2.05) is 24.3 Å². The zero-order valence-corrected chi connectivity index (χ0v) is 12.3. The number of nitrogens with one attached hydrogen (secondary N) is 1. The van der Waals surface area contributed by atoms with Crippen molar-refractivity contribution in [1.82, 2.24) is 5.32 Å². The van der Waals surface area contributed by atoms with Crippen LogP contribution in [-0.4, -0.2) is 19.6 Å². The van der Waals surface area contributed by atoms with Crippen molar-refractivity contribution in [3.8, 4) is 0 Å². The lowest BCUT2D eigenvalue weighted by atomic mass is 9.93. The Bertz CT molecular complexity index is 457. The molecule has 0 spiro atoms. The van der Waals surface area contributed by atoms with Gasteiger partial charge in [0.1, 0.15) is 0 Å². The number of hydrogen-bond donors (Lipinski definition) is 1. The average molecular weight is 302 g/mol. The molecule has 1 atom stereocenters. The third kappa shape index (κ3) is 4.53. The maximum atomic E-state index is 11.2. The molecule has 19 heavy (non-hydrogen) atoms. The highest BCUT2D eigenvalue weighted by molar-refractivity contribution is 6.30. The van der Waals surface area contributed by atoms with Gasteiger partial charge < -0.3 is 10.1 Å². The maximum absolute atomic E-state index is 11.2. The first kappa shape index (κ1) is 16.0. The van der Waals surface area contributed by atoms with E-state index in [0.29, 0.717) is 0 Å². The van der Waals surface area contributed by atoms with Gasteiger partial charge >= 0.3 is 5.97 Å². The van der Waals surface area contributed by atoms with Crippen LogP contribution in [0.1, 0.15) is 24.4 Å². The third-order valence-corrected chi connectivity index (χ3v) is 3.35. The van der Waals surface area contributed by atoms with Crippen molar-refractivity contribution >= 4 is 30.0 Å². The molecule has 1 aromatic rings.